The highest BCUT2D eigenvalue weighted by Crippen LogP contribution is 2.49. The lowest BCUT2D eigenvalue weighted by molar-refractivity contribution is -0.126. The van der Waals surface area contributed by atoms with Gasteiger partial charge in [0.2, 0.25) is 5.91 Å². The molecule has 0 N–H and O–H groups in total. The second-order valence-corrected chi connectivity index (χ2v) is 9.15. The normalized spacial score (nSPS) is 22.0. The highest BCUT2D eigenvalue weighted by atomic mass is 35.5. The molecule has 168 valence electrons. The third-order valence-corrected chi connectivity index (χ3v) is 7.17. The van der Waals surface area contributed by atoms with Gasteiger partial charge in [-0.2, -0.15) is 0 Å². The summed E-state index contributed by atoms with van der Waals surface area (Å²) in [6.45, 7) is 0. The van der Waals surface area contributed by atoms with Crippen LogP contribution in [0.1, 0.15) is 11.6 Å². The molecule has 5 nitrogen and oxygen atoms in total. The van der Waals surface area contributed by atoms with Crippen molar-refractivity contribution in [2.45, 2.75) is 12.1 Å². The molecule has 2 aliphatic rings. The van der Waals surface area contributed by atoms with Gasteiger partial charge in [0.25, 0.3) is 5.91 Å². The first kappa shape index (κ1) is 21.2. The molecule has 4 aromatic rings. The summed E-state index contributed by atoms with van der Waals surface area (Å²) in [5, 5.41) is 4.39. The van der Waals surface area contributed by atoms with Crippen LogP contribution in [0.3, 0.4) is 0 Å². The van der Waals surface area contributed by atoms with Crippen molar-refractivity contribution in [1.82, 2.24) is 0 Å². The van der Waals surface area contributed by atoms with Gasteiger partial charge in [0, 0.05) is 0 Å². The number of hydrogen-bond donors (Lipinski definition) is 0. The molecule has 0 unspecified atom stereocenters. The lowest BCUT2D eigenvalue weighted by Crippen LogP contribution is -2.37. The lowest BCUT2D eigenvalue weighted by Gasteiger charge is -2.29. The van der Waals surface area contributed by atoms with E-state index in [0.29, 0.717) is 10.7 Å². The highest BCUT2D eigenvalue weighted by molar-refractivity contribution is 6.42. The average molecular weight is 489 g/mol. The van der Waals surface area contributed by atoms with Gasteiger partial charge < -0.3 is 0 Å². The largest absolute Gasteiger partial charge is 0.273 e. The van der Waals surface area contributed by atoms with E-state index in [1.807, 2.05) is 72.8 Å². The van der Waals surface area contributed by atoms with E-state index in [1.165, 1.54) is 6.07 Å². The molecule has 0 aliphatic carbocycles. The van der Waals surface area contributed by atoms with E-state index in [4.69, 9.17) is 28.0 Å². The summed E-state index contributed by atoms with van der Waals surface area (Å²) in [4.78, 5) is 34.7. The number of hydroxylamine groups is 1. The summed E-state index contributed by atoms with van der Waals surface area (Å²) in [6.07, 6.45) is -0.953. The smallest absolute Gasteiger partial charge is 0.266 e. The molecule has 2 saturated heterocycles. The number of rotatable bonds is 3. The van der Waals surface area contributed by atoms with Crippen LogP contribution in [0.4, 0.5) is 11.4 Å². The van der Waals surface area contributed by atoms with Crippen molar-refractivity contribution in [2.24, 2.45) is 5.92 Å². The van der Waals surface area contributed by atoms with E-state index in [2.05, 4.69) is 0 Å². The number of amides is 2. The van der Waals surface area contributed by atoms with Crippen LogP contribution < -0.4 is 9.96 Å². The molecule has 4 aromatic carbocycles. The van der Waals surface area contributed by atoms with Crippen LogP contribution in [0.2, 0.25) is 10.0 Å². The summed E-state index contributed by atoms with van der Waals surface area (Å²) in [7, 11) is 0. The van der Waals surface area contributed by atoms with Gasteiger partial charge in [-0.15, -0.1) is 0 Å². The second-order valence-electron chi connectivity index (χ2n) is 8.34. The summed E-state index contributed by atoms with van der Waals surface area (Å²) in [5.41, 5.74) is 2.08. The molecular formula is C27H18Cl2N2O3. The van der Waals surface area contributed by atoms with E-state index >= 15 is 0 Å². The molecule has 0 radical (unpaired) electrons. The molecule has 6 rings (SSSR count). The van der Waals surface area contributed by atoms with Crippen LogP contribution in [0.5, 0.6) is 0 Å². The SMILES string of the molecule is O=C1[C@@H]2[C@@H](c3cccc4ccccc34)N(c3ccccc3)O[C@H]2C(=O)N1c1ccc(Cl)c(Cl)c1. The topological polar surface area (TPSA) is 49.9 Å². The van der Waals surface area contributed by atoms with Crippen molar-refractivity contribution in [1.29, 1.82) is 0 Å². The van der Waals surface area contributed by atoms with Crippen LogP contribution in [0.15, 0.2) is 91.0 Å². The van der Waals surface area contributed by atoms with Crippen LogP contribution in [-0.4, -0.2) is 17.9 Å². The fraction of sp³-hybridized carbons (Fsp3) is 0.111. The maximum absolute atomic E-state index is 13.8. The molecule has 2 heterocycles. The number of anilines is 2. The summed E-state index contributed by atoms with van der Waals surface area (Å²) >= 11 is 12.2. The summed E-state index contributed by atoms with van der Waals surface area (Å²) in [6, 6.07) is 27.7. The Morgan fingerprint density at radius 3 is 2.24 bits per heavy atom. The Morgan fingerprint density at radius 2 is 1.44 bits per heavy atom. The quantitative estimate of drug-likeness (QED) is 0.322. The molecule has 2 fully saturated rings. The van der Waals surface area contributed by atoms with Gasteiger partial charge in [-0.25, -0.2) is 9.96 Å². The molecule has 2 amide bonds. The first-order chi connectivity index (χ1) is 16.5. The van der Waals surface area contributed by atoms with E-state index < -0.39 is 24.0 Å². The van der Waals surface area contributed by atoms with Gasteiger partial charge in [0.05, 0.1) is 27.5 Å². The Bertz CT molecular complexity index is 1440. The Labute approximate surface area is 206 Å². The first-order valence-corrected chi connectivity index (χ1v) is 11.6. The number of nitrogens with zero attached hydrogens (tertiary/aromatic N) is 2. The number of para-hydroxylation sites is 1. The zero-order chi connectivity index (χ0) is 23.4. The van der Waals surface area contributed by atoms with E-state index in [9.17, 15) is 9.59 Å². The average Bonchev–Trinajstić information content (AvgIpc) is 3.37. The van der Waals surface area contributed by atoms with Crippen LogP contribution in [0, 0.1) is 5.92 Å². The number of benzene rings is 4. The van der Waals surface area contributed by atoms with Crippen LogP contribution >= 0.6 is 23.2 Å². The van der Waals surface area contributed by atoms with Crippen molar-refractivity contribution in [3.63, 3.8) is 0 Å². The Kier molecular flexibility index (Phi) is 5.06. The third kappa shape index (κ3) is 3.20. The molecule has 2 aliphatic heterocycles. The van der Waals surface area contributed by atoms with Gasteiger partial charge in [-0.3, -0.25) is 14.4 Å². The maximum Gasteiger partial charge on any atom is 0.266 e. The second kappa shape index (κ2) is 8.13. The molecule has 0 bridgehead atoms. The molecular weight excluding hydrogens is 471 g/mol. The molecule has 7 heteroatoms. The van der Waals surface area contributed by atoms with E-state index in [0.717, 1.165) is 26.9 Å². The minimum Gasteiger partial charge on any atom is -0.273 e. The number of fused-ring (bicyclic) bond motifs is 2. The lowest BCUT2D eigenvalue weighted by atomic mass is 9.87. The number of halogens is 2. The number of imide groups is 1. The predicted octanol–water partition coefficient (Wildman–Crippen LogP) is 6.20. The van der Waals surface area contributed by atoms with Crippen molar-refractivity contribution >= 4 is 57.2 Å². The minimum atomic E-state index is -0.953. The predicted molar refractivity (Wildman–Crippen MR) is 133 cm³/mol. The van der Waals surface area contributed by atoms with Crippen LogP contribution in [0.25, 0.3) is 10.8 Å². The van der Waals surface area contributed by atoms with Crippen molar-refractivity contribution < 1.29 is 14.4 Å². The molecule has 0 saturated carbocycles. The number of carbonyl (C=O) groups excluding carboxylic acids is 2. The Hall–Kier alpha value is -3.38. The van der Waals surface area contributed by atoms with Gasteiger partial charge >= 0.3 is 0 Å². The van der Waals surface area contributed by atoms with Crippen molar-refractivity contribution in [3.8, 4) is 0 Å². The molecule has 0 aromatic heterocycles. The fourth-order valence-electron chi connectivity index (χ4n) is 4.92. The third-order valence-electron chi connectivity index (χ3n) is 6.43. The standard InChI is InChI=1S/C27H18Cl2N2O3/c28-21-14-13-18(15-22(21)29)30-26(32)23-24(20-12-6-8-16-7-4-5-11-19(16)20)31(34-25(23)27(30)33)17-9-2-1-3-10-17/h1-15,23-25H/t23-,24-,25-/m1/s1. The van der Waals surface area contributed by atoms with Gasteiger partial charge in [0.15, 0.2) is 6.10 Å². The van der Waals surface area contributed by atoms with E-state index in [-0.39, 0.29) is 10.9 Å². The monoisotopic (exact) mass is 488 g/mol. The van der Waals surface area contributed by atoms with E-state index in [1.54, 1.807) is 17.2 Å². The minimum absolute atomic E-state index is 0.272. The van der Waals surface area contributed by atoms with Gasteiger partial charge in [0.1, 0.15) is 5.92 Å². The van der Waals surface area contributed by atoms with Crippen molar-refractivity contribution in [3.05, 3.63) is 107 Å². The van der Waals surface area contributed by atoms with Crippen molar-refractivity contribution in [2.75, 3.05) is 9.96 Å². The van der Waals surface area contributed by atoms with Crippen LogP contribution in [-0.2, 0) is 14.4 Å². The Balaban J connectivity index is 1.50. The fourth-order valence-corrected chi connectivity index (χ4v) is 5.21. The highest BCUT2D eigenvalue weighted by Gasteiger charge is 2.60. The first-order valence-electron chi connectivity index (χ1n) is 10.9. The van der Waals surface area contributed by atoms with Gasteiger partial charge in [-0.1, -0.05) is 83.9 Å². The summed E-state index contributed by atoms with van der Waals surface area (Å²) in [5.74, 6) is -1.48. The molecule has 3 atom stereocenters. The zero-order valence-corrected chi connectivity index (χ0v) is 19.3. The summed E-state index contributed by atoms with van der Waals surface area (Å²) < 4.78 is 0. The number of carbonyl (C=O) groups is 2. The molecule has 0 spiro atoms. The number of hydrogen-bond acceptors (Lipinski definition) is 4. The zero-order valence-electron chi connectivity index (χ0n) is 17.8. The molecule has 34 heavy (non-hydrogen) atoms. The van der Waals surface area contributed by atoms with Gasteiger partial charge in [-0.05, 0) is 46.7 Å². The Morgan fingerprint density at radius 1 is 0.706 bits per heavy atom. The maximum atomic E-state index is 13.8.